The number of benzene rings is 3. The fraction of sp³-hybridized carbons (Fsp3) is 0.120. The van der Waals surface area contributed by atoms with Crippen LogP contribution in [0.2, 0.25) is 0 Å². The van der Waals surface area contributed by atoms with Crippen LogP contribution in [0.5, 0.6) is 5.75 Å². The van der Waals surface area contributed by atoms with E-state index in [4.69, 9.17) is 0 Å². The number of carbonyl (C=O) groups excluding carboxylic acids is 1. The summed E-state index contributed by atoms with van der Waals surface area (Å²) in [7, 11) is 0. The van der Waals surface area contributed by atoms with Crippen molar-refractivity contribution in [3.63, 3.8) is 0 Å². The van der Waals surface area contributed by atoms with Crippen LogP contribution in [-0.4, -0.2) is 32.7 Å². The zero-order valence-corrected chi connectivity index (χ0v) is 19.1. The molecule has 3 aromatic carbocycles. The van der Waals surface area contributed by atoms with Gasteiger partial charge in [0.05, 0.1) is 22.1 Å². The van der Waals surface area contributed by atoms with E-state index >= 15 is 0 Å². The Morgan fingerprint density at radius 2 is 1.76 bits per heavy atom. The first kappa shape index (κ1) is 22.3. The number of nitrogens with zero attached hydrogens (tertiary/aromatic N) is 3. The van der Waals surface area contributed by atoms with Crippen molar-refractivity contribution >= 4 is 23.4 Å². The maximum Gasteiger partial charge on any atom is 0.342 e. The Balaban J connectivity index is 1.51. The van der Waals surface area contributed by atoms with E-state index in [0.29, 0.717) is 10.9 Å². The van der Waals surface area contributed by atoms with E-state index in [1.165, 1.54) is 17.3 Å². The second-order valence-corrected chi connectivity index (χ2v) is 8.40. The Labute approximate surface area is 196 Å². The standard InChI is InChI=1S/C25H23N5O2S/c1-17-8-12-21(13-9-17)30-24(20-6-4-3-5-7-20)28-29-25(30)33-16-23(32)27-26-18(2)19-10-14-22(31)15-11-19/h3-15H,16H2,1-2H3,(H2,26,27,31,32)/p+1. The molecule has 0 saturated heterocycles. The van der Waals surface area contributed by atoms with E-state index < -0.39 is 0 Å². The highest BCUT2D eigenvalue weighted by molar-refractivity contribution is 7.99. The topological polar surface area (TPSA) is 94.2 Å². The molecule has 4 aromatic rings. The fourth-order valence-corrected chi connectivity index (χ4v) is 3.95. The van der Waals surface area contributed by atoms with Gasteiger partial charge >= 0.3 is 5.16 Å². The smallest absolute Gasteiger partial charge is 0.342 e. The number of hydrazone groups is 1. The third kappa shape index (κ3) is 5.48. The van der Waals surface area contributed by atoms with Crippen molar-refractivity contribution in [1.82, 2.24) is 15.6 Å². The summed E-state index contributed by atoms with van der Waals surface area (Å²) in [5, 5.41) is 21.8. The molecular formula is C25H24N5O2S+. The minimum Gasteiger partial charge on any atom is -0.508 e. The summed E-state index contributed by atoms with van der Waals surface area (Å²) in [6, 6.07) is 24.8. The van der Waals surface area contributed by atoms with Gasteiger partial charge in [0.2, 0.25) is 0 Å². The zero-order chi connectivity index (χ0) is 23.2. The molecule has 0 bridgehead atoms. The predicted octanol–water partition coefficient (Wildman–Crippen LogP) is 4.00. The molecule has 0 aliphatic heterocycles. The van der Waals surface area contributed by atoms with Gasteiger partial charge in [0.25, 0.3) is 11.7 Å². The Kier molecular flexibility index (Phi) is 6.85. The Hall–Kier alpha value is -3.91. The second kappa shape index (κ2) is 10.1. The van der Waals surface area contributed by atoms with Gasteiger partial charge in [-0.15, -0.1) is 5.10 Å². The van der Waals surface area contributed by atoms with Gasteiger partial charge in [0, 0.05) is 0 Å². The van der Waals surface area contributed by atoms with Crippen LogP contribution in [0.3, 0.4) is 0 Å². The first-order valence-corrected chi connectivity index (χ1v) is 11.4. The molecule has 3 N–H and O–H groups in total. The number of phenolic OH excluding ortho intramolecular Hbond substituents is 1. The predicted molar refractivity (Wildman–Crippen MR) is 129 cm³/mol. The lowest BCUT2D eigenvalue weighted by atomic mass is 10.1. The van der Waals surface area contributed by atoms with Crippen molar-refractivity contribution in [1.29, 1.82) is 0 Å². The van der Waals surface area contributed by atoms with Crippen LogP contribution in [0.1, 0.15) is 18.1 Å². The number of aromatic amines is 1. The van der Waals surface area contributed by atoms with Crippen LogP contribution in [0.25, 0.3) is 17.1 Å². The molecule has 8 heteroatoms. The summed E-state index contributed by atoms with van der Waals surface area (Å²) >= 11 is 1.33. The van der Waals surface area contributed by atoms with Crippen molar-refractivity contribution in [2.24, 2.45) is 5.10 Å². The number of H-pyrrole nitrogens is 1. The molecule has 0 aliphatic carbocycles. The Morgan fingerprint density at radius 3 is 2.45 bits per heavy atom. The van der Waals surface area contributed by atoms with E-state index in [2.05, 4.69) is 20.7 Å². The van der Waals surface area contributed by atoms with Gasteiger partial charge in [-0.25, -0.2) is 5.43 Å². The first-order valence-electron chi connectivity index (χ1n) is 10.4. The molecule has 0 radical (unpaired) electrons. The van der Waals surface area contributed by atoms with Gasteiger partial charge in [-0.05, 0) is 79.7 Å². The average Bonchev–Trinajstić information content (AvgIpc) is 3.26. The van der Waals surface area contributed by atoms with Gasteiger partial charge in [0.15, 0.2) is 0 Å². The van der Waals surface area contributed by atoms with Crippen LogP contribution in [0.4, 0.5) is 0 Å². The monoisotopic (exact) mass is 458 g/mol. The number of aryl methyl sites for hydroxylation is 1. The highest BCUT2D eigenvalue weighted by atomic mass is 32.2. The van der Waals surface area contributed by atoms with Crippen LogP contribution in [-0.2, 0) is 4.79 Å². The number of thioether (sulfide) groups is 1. The lowest BCUT2D eigenvalue weighted by Gasteiger charge is -2.05. The number of aromatic hydroxyl groups is 1. The minimum atomic E-state index is -0.238. The molecular weight excluding hydrogens is 434 g/mol. The molecule has 7 nitrogen and oxygen atoms in total. The molecule has 0 spiro atoms. The summed E-state index contributed by atoms with van der Waals surface area (Å²) in [6.45, 7) is 3.84. The van der Waals surface area contributed by atoms with Gasteiger partial charge in [0.1, 0.15) is 11.4 Å². The zero-order valence-electron chi connectivity index (χ0n) is 18.3. The molecule has 0 fully saturated rings. The molecule has 0 saturated carbocycles. The number of hydrogen-bond acceptors (Lipinski definition) is 5. The molecule has 0 unspecified atom stereocenters. The maximum atomic E-state index is 12.4. The van der Waals surface area contributed by atoms with E-state index in [0.717, 1.165) is 22.6 Å². The summed E-state index contributed by atoms with van der Waals surface area (Å²) in [5.74, 6) is 0.932. The average molecular weight is 459 g/mol. The highest BCUT2D eigenvalue weighted by Crippen LogP contribution is 2.20. The quantitative estimate of drug-likeness (QED) is 0.169. The molecule has 0 aliphatic rings. The largest absolute Gasteiger partial charge is 0.508 e. The van der Waals surface area contributed by atoms with Crippen molar-refractivity contribution < 1.29 is 14.5 Å². The van der Waals surface area contributed by atoms with Gasteiger partial charge in [-0.2, -0.15) is 9.67 Å². The molecule has 33 heavy (non-hydrogen) atoms. The van der Waals surface area contributed by atoms with E-state index in [1.54, 1.807) is 31.2 Å². The van der Waals surface area contributed by atoms with Crippen molar-refractivity contribution in [3.8, 4) is 22.8 Å². The number of amides is 1. The SMILES string of the molecule is C/C(=N\NC(=O)CSc1n[nH]c(-c2ccccc2)[n+]1-c1ccc(C)cc1)c1ccc(O)cc1. The van der Waals surface area contributed by atoms with Crippen LogP contribution >= 0.6 is 11.8 Å². The lowest BCUT2D eigenvalue weighted by Crippen LogP contribution is -2.34. The molecule has 4 rings (SSSR count). The first-order chi connectivity index (χ1) is 16.0. The van der Waals surface area contributed by atoms with Crippen molar-refractivity contribution in [3.05, 3.63) is 90.0 Å². The summed E-state index contributed by atoms with van der Waals surface area (Å²) < 4.78 is 2.01. The molecule has 0 atom stereocenters. The van der Waals surface area contributed by atoms with Crippen LogP contribution < -0.4 is 9.99 Å². The van der Waals surface area contributed by atoms with E-state index in [9.17, 15) is 9.90 Å². The second-order valence-electron chi connectivity index (χ2n) is 7.46. The molecule has 166 valence electrons. The maximum absolute atomic E-state index is 12.4. The summed E-state index contributed by atoms with van der Waals surface area (Å²) in [4.78, 5) is 12.4. The van der Waals surface area contributed by atoms with E-state index in [1.807, 2.05) is 66.1 Å². The molecule has 1 aromatic heterocycles. The number of carbonyl (C=O) groups is 1. The van der Waals surface area contributed by atoms with Gasteiger partial charge in [-0.1, -0.05) is 35.9 Å². The Bertz CT molecular complexity index is 1270. The molecule has 1 amide bonds. The lowest BCUT2D eigenvalue weighted by molar-refractivity contribution is -0.625. The van der Waals surface area contributed by atoms with E-state index in [-0.39, 0.29) is 17.4 Å². The number of hydrogen-bond donors (Lipinski definition) is 3. The number of phenols is 1. The number of nitrogens with one attached hydrogen (secondary N) is 2. The van der Waals surface area contributed by atoms with Crippen LogP contribution in [0.15, 0.2) is 89.1 Å². The normalized spacial score (nSPS) is 11.4. The van der Waals surface area contributed by atoms with Gasteiger partial charge in [-0.3, -0.25) is 4.79 Å². The van der Waals surface area contributed by atoms with Crippen molar-refractivity contribution in [2.45, 2.75) is 19.0 Å². The summed E-state index contributed by atoms with van der Waals surface area (Å²) in [5.41, 5.74) is 7.17. The minimum absolute atomic E-state index is 0.150. The number of aromatic nitrogens is 3. The Morgan fingerprint density at radius 1 is 1.06 bits per heavy atom. The fourth-order valence-electron chi connectivity index (χ4n) is 3.19. The highest BCUT2D eigenvalue weighted by Gasteiger charge is 2.24. The third-order valence-electron chi connectivity index (χ3n) is 4.98. The van der Waals surface area contributed by atoms with Gasteiger partial charge < -0.3 is 5.11 Å². The van der Waals surface area contributed by atoms with Crippen molar-refractivity contribution in [2.75, 3.05) is 5.75 Å². The van der Waals surface area contributed by atoms with Crippen LogP contribution in [0, 0.1) is 6.92 Å². The third-order valence-corrected chi connectivity index (χ3v) is 5.92. The number of rotatable bonds is 7. The summed E-state index contributed by atoms with van der Waals surface area (Å²) in [6.07, 6.45) is 0. The molecule has 1 heterocycles.